The van der Waals surface area contributed by atoms with E-state index < -0.39 is 0 Å². The number of rotatable bonds is 3. The van der Waals surface area contributed by atoms with Crippen LogP contribution in [-0.2, 0) is 6.54 Å². The molecule has 0 bridgehead atoms. The first-order chi connectivity index (χ1) is 10.3. The molecule has 0 saturated carbocycles. The standard InChI is InChI=1S/C16H21N5/c1-13-14(12-17)5-6-16(19-13)21-10-8-20(9-11-21)15-4-2-3-7-18-15/h2-7H,8-12,17H2,1H3. The topological polar surface area (TPSA) is 58.3 Å². The summed E-state index contributed by atoms with van der Waals surface area (Å²) in [7, 11) is 0. The van der Waals surface area contributed by atoms with Crippen LogP contribution in [0.15, 0.2) is 36.5 Å². The van der Waals surface area contributed by atoms with Gasteiger partial charge in [-0.2, -0.15) is 0 Å². The van der Waals surface area contributed by atoms with Gasteiger partial charge in [0.15, 0.2) is 0 Å². The van der Waals surface area contributed by atoms with Gasteiger partial charge in [-0.3, -0.25) is 0 Å². The molecule has 0 spiro atoms. The van der Waals surface area contributed by atoms with Crippen LogP contribution >= 0.6 is 0 Å². The molecule has 1 aliphatic heterocycles. The fourth-order valence-electron chi connectivity index (χ4n) is 2.67. The number of hydrogen-bond donors (Lipinski definition) is 1. The lowest BCUT2D eigenvalue weighted by Crippen LogP contribution is -2.47. The largest absolute Gasteiger partial charge is 0.353 e. The third kappa shape index (κ3) is 2.97. The Balaban J connectivity index is 1.67. The molecule has 1 fully saturated rings. The van der Waals surface area contributed by atoms with E-state index in [4.69, 9.17) is 5.73 Å². The van der Waals surface area contributed by atoms with E-state index in [1.54, 1.807) is 0 Å². The minimum Gasteiger partial charge on any atom is -0.353 e. The molecular weight excluding hydrogens is 262 g/mol. The molecule has 0 unspecified atom stereocenters. The van der Waals surface area contributed by atoms with E-state index in [2.05, 4.69) is 38.0 Å². The van der Waals surface area contributed by atoms with Crippen molar-refractivity contribution in [3.8, 4) is 0 Å². The van der Waals surface area contributed by atoms with E-state index in [1.165, 1.54) is 0 Å². The molecule has 2 aromatic rings. The Hall–Kier alpha value is -2.14. The highest BCUT2D eigenvalue weighted by Crippen LogP contribution is 2.18. The van der Waals surface area contributed by atoms with E-state index in [0.717, 1.165) is 49.1 Å². The van der Waals surface area contributed by atoms with Crippen molar-refractivity contribution in [2.24, 2.45) is 5.73 Å². The minimum atomic E-state index is 0.548. The fraction of sp³-hybridized carbons (Fsp3) is 0.375. The number of piperazine rings is 1. The molecule has 110 valence electrons. The Morgan fingerprint density at radius 3 is 2.29 bits per heavy atom. The summed E-state index contributed by atoms with van der Waals surface area (Å²) >= 11 is 0. The Morgan fingerprint density at radius 1 is 1.00 bits per heavy atom. The first kappa shape index (κ1) is 13.8. The summed E-state index contributed by atoms with van der Waals surface area (Å²) in [4.78, 5) is 13.7. The lowest BCUT2D eigenvalue weighted by molar-refractivity contribution is 0.641. The van der Waals surface area contributed by atoms with Crippen molar-refractivity contribution >= 4 is 11.6 Å². The maximum atomic E-state index is 5.69. The number of nitrogens with zero attached hydrogens (tertiary/aromatic N) is 4. The van der Waals surface area contributed by atoms with Gasteiger partial charge in [0.2, 0.25) is 0 Å². The Bertz CT molecular complexity index is 591. The van der Waals surface area contributed by atoms with Gasteiger partial charge in [0.1, 0.15) is 11.6 Å². The predicted octanol–water partition coefficient (Wildman–Crippen LogP) is 1.57. The second-order valence-electron chi connectivity index (χ2n) is 5.28. The van der Waals surface area contributed by atoms with Crippen LogP contribution in [0.3, 0.4) is 0 Å². The molecule has 0 radical (unpaired) electrons. The van der Waals surface area contributed by atoms with Crippen molar-refractivity contribution in [1.82, 2.24) is 9.97 Å². The van der Waals surface area contributed by atoms with E-state index in [-0.39, 0.29) is 0 Å². The number of anilines is 2. The molecule has 1 aliphatic rings. The Labute approximate surface area is 125 Å². The van der Waals surface area contributed by atoms with Crippen molar-refractivity contribution in [3.63, 3.8) is 0 Å². The molecule has 3 rings (SSSR count). The lowest BCUT2D eigenvalue weighted by atomic mass is 10.2. The first-order valence-electron chi connectivity index (χ1n) is 7.35. The van der Waals surface area contributed by atoms with Crippen molar-refractivity contribution < 1.29 is 0 Å². The molecule has 5 nitrogen and oxygen atoms in total. The highest BCUT2D eigenvalue weighted by Gasteiger charge is 2.19. The molecule has 5 heteroatoms. The van der Waals surface area contributed by atoms with Crippen molar-refractivity contribution in [2.45, 2.75) is 13.5 Å². The molecule has 2 aromatic heterocycles. The van der Waals surface area contributed by atoms with Gasteiger partial charge in [-0.25, -0.2) is 9.97 Å². The second kappa shape index (κ2) is 6.10. The summed E-state index contributed by atoms with van der Waals surface area (Å²) in [6.07, 6.45) is 1.85. The monoisotopic (exact) mass is 283 g/mol. The van der Waals surface area contributed by atoms with E-state index in [1.807, 2.05) is 25.3 Å². The molecule has 2 N–H and O–H groups in total. The lowest BCUT2D eigenvalue weighted by Gasteiger charge is -2.36. The fourth-order valence-corrected chi connectivity index (χ4v) is 2.67. The number of hydrogen-bond acceptors (Lipinski definition) is 5. The zero-order chi connectivity index (χ0) is 14.7. The molecule has 0 aliphatic carbocycles. The van der Waals surface area contributed by atoms with Gasteiger partial charge in [0, 0.05) is 44.6 Å². The van der Waals surface area contributed by atoms with Crippen LogP contribution in [0.1, 0.15) is 11.3 Å². The van der Waals surface area contributed by atoms with Gasteiger partial charge in [-0.15, -0.1) is 0 Å². The third-order valence-corrected chi connectivity index (χ3v) is 3.98. The number of nitrogens with two attached hydrogens (primary N) is 1. The van der Waals surface area contributed by atoms with Crippen LogP contribution in [0, 0.1) is 6.92 Å². The summed E-state index contributed by atoms with van der Waals surface area (Å²) < 4.78 is 0. The highest BCUT2D eigenvalue weighted by molar-refractivity contribution is 5.46. The zero-order valence-corrected chi connectivity index (χ0v) is 12.4. The molecule has 0 atom stereocenters. The summed E-state index contributed by atoms with van der Waals surface area (Å²) in [5, 5.41) is 0. The first-order valence-corrected chi connectivity index (χ1v) is 7.35. The Kier molecular flexibility index (Phi) is 4.01. The van der Waals surface area contributed by atoms with Crippen molar-refractivity contribution in [1.29, 1.82) is 0 Å². The van der Waals surface area contributed by atoms with Crippen LogP contribution in [0.4, 0.5) is 11.6 Å². The third-order valence-electron chi connectivity index (χ3n) is 3.98. The quantitative estimate of drug-likeness (QED) is 0.926. The zero-order valence-electron chi connectivity index (χ0n) is 12.4. The van der Waals surface area contributed by atoms with Crippen LogP contribution < -0.4 is 15.5 Å². The predicted molar refractivity (Wildman–Crippen MR) is 85.5 cm³/mol. The van der Waals surface area contributed by atoms with Gasteiger partial charge >= 0.3 is 0 Å². The van der Waals surface area contributed by atoms with E-state index in [9.17, 15) is 0 Å². The van der Waals surface area contributed by atoms with Crippen molar-refractivity contribution in [3.05, 3.63) is 47.8 Å². The Morgan fingerprint density at radius 2 is 1.71 bits per heavy atom. The summed E-state index contributed by atoms with van der Waals surface area (Å²) in [5.74, 6) is 2.10. The summed E-state index contributed by atoms with van der Waals surface area (Å²) in [5.41, 5.74) is 7.84. The highest BCUT2D eigenvalue weighted by atomic mass is 15.3. The molecule has 0 amide bonds. The number of pyridine rings is 2. The van der Waals surface area contributed by atoms with Crippen LogP contribution in [-0.4, -0.2) is 36.1 Å². The average molecular weight is 283 g/mol. The van der Waals surface area contributed by atoms with Crippen LogP contribution in [0.25, 0.3) is 0 Å². The van der Waals surface area contributed by atoms with E-state index in [0.29, 0.717) is 6.54 Å². The van der Waals surface area contributed by atoms with Gasteiger partial charge < -0.3 is 15.5 Å². The molecular formula is C16H21N5. The maximum Gasteiger partial charge on any atom is 0.128 e. The maximum absolute atomic E-state index is 5.69. The molecule has 3 heterocycles. The van der Waals surface area contributed by atoms with Crippen LogP contribution in [0.5, 0.6) is 0 Å². The van der Waals surface area contributed by atoms with E-state index >= 15 is 0 Å². The van der Waals surface area contributed by atoms with Gasteiger partial charge in [-0.1, -0.05) is 12.1 Å². The van der Waals surface area contributed by atoms with Gasteiger partial charge in [0.25, 0.3) is 0 Å². The summed E-state index contributed by atoms with van der Waals surface area (Å²) in [6.45, 7) is 6.44. The van der Waals surface area contributed by atoms with Crippen molar-refractivity contribution in [2.75, 3.05) is 36.0 Å². The normalized spacial score (nSPS) is 15.3. The van der Waals surface area contributed by atoms with Gasteiger partial charge in [-0.05, 0) is 30.7 Å². The minimum absolute atomic E-state index is 0.548. The molecule has 1 saturated heterocycles. The number of aromatic nitrogens is 2. The number of aryl methyl sites for hydroxylation is 1. The molecule has 0 aromatic carbocycles. The summed E-state index contributed by atoms with van der Waals surface area (Å²) in [6, 6.07) is 10.2. The van der Waals surface area contributed by atoms with Crippen LogP contribution in [0.2, 0.25) is 0 Å². The van der Waals surface area contributed by atoms with Gasteiger partial charge in [0.05, 0.1) is 0 Å². The smallest absolute Gasteiger partial charge is 0.128 e. The second-order valence-corrected chi connectivity index (χ2v) is 5.28. The average Bonchev–Trinajstić information content (AvgIpc) is 2.56. The molecule has 21 heavy (non-hydrogen) atoms. The SMILES string of the molecule is Cc1nc(N2CCN(c3ccccn3)CC2)ccc1CN.